The lowest BCUT2D eigenvalue weighted by atomic mass is 10.2. The molecule has 1 amide bonds. The first-order valence-corrected chi connectivity index (χ1v) is 7.58. The second-order valence-electron chi connectivity index (χ2n) is 4.81. The average Bonchev–Trinajstić information content (AvgIpc) is 2.55. The molecule has 122 valence electrons. The van der Waals surface area contributed by atoms with Gasteiger partial charge in [0.25, 0.3) is 0 Å². The van der Waals surface area contributed by atoms with Gasteiger partial charge in [-0.2, -0.15) is 0 Å². The SMILES string of the molecule is CCCCCOc1ccc(/C=C/C(=O)NCCO)cc1OC. The first-order valence-electron chi connectivity index (χ1n) is 7.58. The van der Waals surface area contributed by atoms with Crippen molar-refractivity contribution < 1.29 is 19.4 Å². The van der Waals surface area contributed by atoms with Crippen molar-refractivity contribution >= 4 is 12.0 Å². The van der Waals surface area contributed by atoms with Crippen molar-refractivity contribution in [2.45, 2.75) is 26.2 Å². The predicted octanol–water partition coefficient (Wildman–Crippen LogP) is 2.39. The molecule has 22 heavy (non-hydrogen) atoms. The zero-order chi connectivity index (χ0) is 16.2. The zero-order valence-electron chi connectivity index (χ0n) is 13.3. The summed E-state index contributed by atoms with van der Waals surface area (Å²) < 4.78 is 11.0. The summed E-state index contributed by atoms with van der Waals surface area (Å²) in [5.41, 5.74) is 0.844. The van der Waals surface area contributed by atoms with Gasteiger partial charge in [-0.05, 0) is 30.2 Å². The molecule has 0 atom stereocenters. The van der Waals surface area contributed by atoms with Crippen LogP contribution in [0.5, 0.6) is 11.5 Å². The third-order valence-corrected chi connectivity index (χ3v) is 3.03. The van der Waals surface area contributed by atoms with Crippen molar-refractivity contribution in [1.29, 1.82) is 0 Å². The van der Waals surface area contributed by atoms with Crippen molar-refractivity contribution in [2.75, 3.05) is 26.9 Å². The topological polar surface area (TPSA) is 67.8 Å². The quantitative estimate of drug-likeness (QED) is 0.514. The number of nitrogens with one attached hydrogen (secondary N) is 1. The monoisotopic (exact) mass is 307 g/mol. The zero-order valence-corrected chi connectivity index (χ0v) is 13.3. The lowest BCUT2D eigenvalue weighted by Gasteiger charge is -2.11. The lowest BCUT2D eigenvalue weighted by Crippen LogP contribution is -2.24. The second-order valence-corrected chi connectivity index (χ2v) is 4.81. The number of aliphatic hydroxyl groups excluding tert-OH is 1. The molecule has 0 fully saturated rings. The minimum absolute atomic E-state index is 0.0720. The Labute approximate surface area is 131 Å². The van der Waals surface area contributed by atoms with E-state index in [-0.39, 0.29) is 19.1 Å². The molecule has 1 aromatic rings. The van der Waals surface area contributed by atoms with Crippen LogP contribution in [0.1, 0.15) is 31.7 Å². The van der Waals surface area contributed by atoms with Crippen LogP contribution in [0, 0.1) is 0 Å². The highest BCUT2D eigenvalue weighted by Gasteiger charge is 2.05. The van der Waals surface area contributed by atoms with Gasteiger partial charge in [0.05, 0.1) is 20.3 Å². The maximum Gasteiger partial charge on any atom is 0.244 e. The molecule has 0 aromatic heterocycles. The third kappa shape index (κ3) is 6.63. The maximum atomic E-state index is 11.4. The summed E-state index contributed by atoms with van der Waals surface area (Å²) in [6.45, 7) is 3.00. The van der Waals surface area contributed by atoms with Gasteiger partial charge in [-0.15, -0.1) is 0 Å². The molecule has 5 nitrogen and oxygen atoms in total. The van der Waals surface area contributed by atoms with Gasteiger partial charge >= 0.3 is 0 Å². The molecule has 0 unspecified atom stereocenters. The number of ether oxygens (including phenoxy) is 2. The second kappa shape index (κ2) is 10.7. The van der Waals surface area contributed by atoms with Gasteiger partial charge in [0, 0.05) is 12.6 Å². The smallest absolute Gasteiger partial charge is 0.244 e. The van der Waals surface area contributed by atoms with Crippen LogP contribution in [0.2, 0.25) is 0 Å². The number of carbonyl (C=O) groups excluding carboxylic acids is 1. The standard InChI is InChI=1S/C17H25NO4/c1-3-4-5-12-22-15-8-6-14(13-16(15)21-2)7-9-17(20)18-10-11-19/h6-9,13,19H,3-5,10-12H2,1-2H3,(H,18,20)/b9-7+. The molecule has 0 aliphatic carbocycles. The summed E-state index contributed by atoms with van der Waals surface area (Å²) in [4.78, 5) is 11.4. The van der Waals surface area contributed by atoms with E-state index in [1.165, 1.54) is 6.08 Å². The number of hydrogen-bond acceptors (Lipinski definition) is 4. The highest BCUT2D eigenvalue weighted by atomic mass is 16.5. The van der Waals surface area contributed by atoms with Gasteiger partial charge in [0.2, 0.25) is 5.91 Å². The molecule has 0 saturated heterocycles. The number of hydrogen-bond donors (Lipinski definition) is 2. The highest BCUT2D eigenvalue weighted by molar-refractivity contribution is 5.91. The first kappa shape index (κ1) is 18.0. The molecule has 0 spiro atoms. The Morgan fingerprint density at radius 1 is 1.32 bits per heavy atom. The van der Waals surface area contributed by atoms with E-state index in [0.29, 0.717) is 18.1 Å². The first-order chi connectivity index (χ1) is 10.7. The van der Waals surface area contributed by atoms with Crippen LogP contribution < -0.4 is 14.8 Å². The van der Waals surface area contributed by atoms with E-state index < -0.39 is 0 Å². The van der Waals surface area contributed by atoms with Gasteiger partial charge in [0.1, 0.15) is 0 Å². The number of unbranched alkanes of at least 4 members (excludes halogenated alkanes) is 2. The summed E-state index contributed by atoms with van der Waals surface area (Å²) in [7, 11) is 1.59. The molecular formula is C17H25NO4. The van der Waals surface area contributed by atoms with E-state index in [1.54, 1.807) is 13.2 Å². The number of benzene rings is 1. The highest BCUT2D eigenvalue weighted by Crippen LogP contribution is 2.28. The molecule has 0 bridgehead atoms. The summed E-state index contributed by atoms with van der Waals surface area (Å²) in [6.07, 6.45) is 6.43. The molecule has 0 aliphatic heterocycles. The number of rotatable bonds is 10. The summed E-state index contributed by atoms with van der Waals surface area (Å²) in [6, 6.07) is 5.54. The summed E-state index contributed by atoms with van der Waals surface area (Å²) >= 11 is 0. The van der Waals surface area contributed by atoms with E-state index in [1.807, 2.05) is 18.2 Å². The van der Waals surface area contributed by atoms with E-state index in [2.05, 4.69) is 12.2 Å². The normalized spacial score (nSPS) is 10.7. The molecular weight excluding hydrogens is 282 g/mol. The van der Waals surface area contributed by atoms with Crippen molar-refractivity contribution in [3.63, 3.8) is 0 Å². The maximum absolute atomic E-state index is 11.4. The number of aliphatic hydroxyl groups is 1. The Morgan fingerprint density at radius 2 is 2.14 bits per heavy atom. The summed E-state index contributed by atoms with van der Waals surface area (Å²) in [5, 5.41) is 11.2. The van der Waals surface area contributed by atoms with Crippen LogP contribution in [0.4, 0.5) is 0 Å². The van der Waals surface area contributed by atoms with Crippen LogP contribution >= 0.6 is 0 Å². The van der Waals surface area contributed by atoms with Crippen LogP contribution in [0.15, 0.2) is 24.3 Å². The fraction of sp³-hybridized carbons (Fsp3) is 0.471. The average molecular weight is 307 g/mol. The molecule has 5 heteroatoms. The lowest BCUT2D eigenvalue weighted by molar-refractivity contribution is -0.116. The summed E-state index contributed by atoms with van der Waals surface area (Å²) in [5.74, 6) is 1.11. The number of methoxy groups -OCH3 is 1. The van der Waals surface area contributed by atoms with Crippen LogP contribution in [0.25, 0.3) is 6.08 Å². The molecule has 0 heterocycles. The van der Waals surface area contributed by atoms with Crippen LogP contribution in [0.3, 0.4) is 0 Å². The predicted molar refractivity (Wildman–Crippen MR) is 87.1 cm³/mol. The molecule has 2 N–H and O–H groups in total. The fourth-order valence-electron chi connectivity index (χ4n) is 1.85. The van der Waals surface area contributed by atoms with Crippen molar-refractivity contribution in [3.05, 3.63) is 29.8 Å². The van der Waals surface area contributed by atoms with E-state index in [9.17, 15) is 4.79 Å². The van der Waals surface area contributed by atoms with E-state index in [4.69, 9.17) is 14.6 Å². The van der Waals surface area contributed by atoms with Gasteiger partial charge in [-0.1, -0.05) is 25.8 Å². The number of amides is 1. The Kier molecular flexibility index (Phi) is 8.76. The molecule has 1 aromatic carbocycles. The molecule has 1 rings (SSSR count). The van der Waals surface area contributed by atoms with Gasteiger partial charge < -0.3 is 19.9 Å². The third-order valence-electron chi connectivity index (χ3n) is 3.03. The van der Waals surface area contributed by atoms with Crippen molar-refractivity contribution in [2.24, 2.45) is 0 Å². The Balaban J connectivity index is 2.63. The van der Waals surface area contributed by atoms with Crippen molar-refractivity contribution in [3.8, 4) is 11.5 Å². The Hall–Kier alpha value is -2.01. The van der Waals surface area contributed by atoms with Crippen LogP contribution in [-0.2, 0) is 4.79 Å². The van der Waals surface area contributed by atoms with Gasteiger partial charge in [0.15, 0.2) is 11.5 Å². The van der Waals surface area contributed by atoms with Gasteiger partial charge in [-0.3, -0.25) is 4.79 Å². The number of carbonyl (C=O) groups is 1. The van der Waals surface area contributed by atoms with E-state index >= 15 is 0 Å². The minimum atomic E-state index is -0.243. The molecule has 0 aliphatic rings. The van der Waals surface area contributed by atoms with Gasteiger partial charge in [-0.25, -0.2) is 0 Å². The largest absolute Gasteiger partial charge is 0.493 e. The van der Waals surface area contributed by atoms with Crippen molar-refractivity contribution in [1.82, 2.24) is 5.32 Å². The Morgan fingerprint density at radius 3 is 2.82 bits per heavy atom. The molecule has 0 radical (unpaired) electrons. The molecule has 0 saturated carbocycles. The van der Waals surface area contributed by atoms with E-state index in [0.717, 1.165) is 24.8 Å². The van der Waals surface area contributed by atoms with Crippen LogP contribution in [-0.4, -0.2) is 37.9 Å². The minimum Gasteiger partial charge on any atom is -0.493 e. The fourth-order valence-corrected chi connectivity index (χ4v) is 1.85. The Bertz CT molecular complexity index is 486.